The second-order valence-electron chi connectivity index (χ2n) is 4.03. The van der Waals surface area contributed by atoms with E-state index in [0.717, 1.165) is 5.54 Å². The second kappa shape index (κ2) is 6.85. The largest absolute Gasteiger partial charge is 0.278 e. The Kier molecular flexibility index (Phi) is 7.73. The van der Waals surface area contributed by atoms with Crippen molar-refractivity contribution in [2.45, 2.75) is 37.6 Å². The smallest absolute Gasteiger partial charge is 0.113 e. The van der Waals surface area contributed by atoms with Crippen LogP contribution in [0.4, 0.5) is 0 Å². The van der Waals surface area contributed by atoms with Crippen molar-refractivity contribution in [3.05, 3.63) is 0 Å². The molecule has 16 heavy (non-hydrogen) atoms. The predicted molar refractivity (Wildman–Crippen MR) is 107 cm³/mol. The van der Waals surface area contributed by atoms with Crippen LogP contribution in [-0.2, 0) is 0 Å². The molecule has 0 N–H and O–H groups in total. The van der Waals surface area contributed by atoms with Gasteiger partial charge in [0.15, 0.2) is 0 Å². The Balaban J connectivity index is 2.90. The zero-order valence-corrected chi connectivity index (χ0v) is 22.4. The molecule has 0 heterocycles. The van der Waals surface area contributed by atoms with Crippen LogP contribution < -0.4 is 0 Å². The van der Waals surface area contributed by atoms with Gasteiger partial charge in [0.05, 0.1) is 0 Å². The minimum Gasteiger partial charge on any atom is -0.113 e. The van der Waals surface area contributed by atoms with E-state index in [0.29, 0.717) is 0 Å². The molecule has 0 atom stereocenters. The van der Waals surface area contributed by atoms with Crippen LogP contribution in [0.1, 0.15) is 32.1 Å². The molecule has 0 radical (unpaired) electrons. The molecule has 1 aliphatic rings. The molecule has 0 bridgehead atoms. The maximum absolute atomic E-state index is 4.07. The van der Waals surface area contributed by atoms with Gasteiger partial charge in [-0.3, -0.25) is 0 Å². The van der Waals surface area contributed by atoms with Crippen LogP contribution in [0.5, 0.6) is 0 Å². The van der Waals surface area contributed by atoms with Gasteiger partial charge in [0, 0.05) is 0 Å². The molecule has 1 aliphatic carbocycles. The van der Waals surface area contributed by atoms with Crippen LogP contribution in [0.15, 0.2) is 0 Å². The first-order valence-corrected chi connectivity index (χ1v) is 28.8. The number of hydrogen-bond acceptors (Lipinski definition) is 0. The van der Waals surface area contributed by atoms with E-state index < -0.39 is 12.6 Å². The quantitative estimate of drug-likeness (QED) is 0.216. The van der Waals surface area contributed by atoms with Crippen molar-refractivity contribution < 1.29 is 0 Å². The van der Waals surface area contributed by atoms with Crippen molar-refractivity contribution in [2.24, 2.45) is 0 Å². The van der Waals surface area contributed by atoms with Gasteiger partial charge in [0.2, 0.25) is 9.18 Å². The zero-order chi connectivity index (χ0) is 12.6. The molecule has 0 aliphatic heterocycles. The first-order chi connectivity index (χ1) is 7.11. The number of rotatable bonds is 3. The van der Waals surface area contributed by atoms with Crippen molar-refractivity contribution in [2.75, 3.05) is 0 Å². The standard InChI is InChI=1S/C6H11Br7Si3/c7-14(8,6-4-2-1-3-5-6)16(12,13)15(9,10)11/h6H,1-5H2. The highest BCUT2D eigenvalue weighted by Crippen LogP contribution is 2.59. The van der Waals surface area contributed by atoms with Gasteiger partial charge in [0.25, 0.3) is 3.45 Å². The molecular formula is C6H11Br7Si3. The summed E-state index contributed by atoms with van der Waals surface area (Å²) in [4.78, 5) is -1.65. The fraction of sp³-hybridized carbons (Fsp3) is 1.00. The molecule has 1 saturated carbocycles. The van der Waals surface area contributed by atoms with Crippen LogP contribution in [-0.4, -0.2) is 12.6 Å². The third-order valence-corrected chi connectivity index (χ3v) is 136. The average Bonchev–Trinajstić information content (AvgIpc) is 2.17. The molecule has 0 nitrogen and oxygen atoms in total. The van der Waals surface area contributed by atoms with Gasteiger partial charge in [-0.05, 0) is 5.54 Å². The molecule has 1 fully saturated rings. The number of hydrogen-bond donors (Lipinski definition) is 0. The summed E-state index contributed by atoms with van der Waals surface area (Å²) in [5, 5.41) is 0. The first-order valence-electron chi connectivity index (χ1n) is 4.93. The van der Waals surface area contributed by atoms with E-state index in [-0.39, 0.29) is 0 Å². The SMILES string of the molecule is Br[Si](Br)(Br)[Si](Br)(Br)[Si](Br)(Br)C1CCCCC1. The van der Waals surface area contributed by atoms with Crippen molar-refractivity contribution in [3.63, 3.8) is 0 Å². The monoisotopic (exact) mass is 719 g/mol. The predicted octanol–water partition coefficient (Wildman–Crippen LogP) is 7.07. The van der Waals surface area contributed by atoms with E-state index in [1.807, 2.05) is 0 Å². The van der Waals surface area contributed by atoms with Crippen molar-refractivity contribution >= 4 is 120 Å². The van der Waals surface area contributed by atoms with Crippen LogP contribution in [0, 0.1) is 0 Å². The van der Waals surface area contributed by atoms with Gasteiger partial charge in [-0.25, -0.2) is 0 Å². The van der Waals surface area contributed by atoms with Gasteiger partial charge < -0.3 is 0 Å². The van der Waals surface area contributed by atoms with Gasteiger partial charge in [-0.1, -0.05) is 78.0 Å². The average molecular weight is 727 g/mol. The van der Waals surface area contributed by atoms with Gasteiger partial charge >= 0.3 is 0 Å². The maximum atomic E-state index is 4.07. The van der Waals surface area contributed by atoms with Gasteiger partial charge in [-0.15, -0.1) is 61.2 Å². The van der Waals surface area contributed by atoms with Gasteiger partial charge in [0.1, 0.15) is 0 Å². The molecule has 0 saturated heterocycles. The topological polar surface area (TPSA) is 0 Å². The molecule has 96 valence electrons. The Hall–Kier alpha value is 4.01. The Morgan fingerprint density at radius 2 is 1.12 bits per heavy atom. The summed E-state index contributed by atoms with van der Waals surface area (Å²) in [7, 11) is 0. The normalized spacial score (nSPS) is 21.2. The van der Waals surface area contributed by atoms with Crippen LogP contribution in [0.3, 0.4) is 0 Å². The third-order valence-electron chi connectivity index (χ3n) is 2.89. The Morgan fingerprint density at radius 3 is 1.50 bits per heavy atom. The Labute approximate surface area is 154 Å². The fourth-order valence-corrected chi connectivity index (χ4v) is 106. The lowest BCUT2D eigenvalue weighted by Crippen LogP contribution is -2.60. The minimum atomic E-state index is -1.73. The first kappa shape index (κ1) is 18.1. The summed E-state index contributed by atoms with van der Waals surface area (Å²) in [5.41, 5.74) is 0.811. The van der Waals surface area contributed by atoms with Crippen molar-refractivity contribution in [1.82, 2.24) is 0 Å². The highest BCUT2D eigenvalue weighted by molar-refractivity contribution is 9.84. The second-order valence-corrected chi connectivity index (χ2v) is 79.9. The third kappa shape index (κ3) is 4.02. The summed E-state index contributed by atoms with van der Waals surface area (Å²) in [6, 6.07) is 0. The van der Waals surface area contributed by atoms with Crippen LogP contribution >= 0.6 is 107 Å². The molecule has 0 aromatic heterocycles. The lowest BCUT2D eigenvalue weighted by atomic mass is 10.0. The summed E-state index contributed by atoms with van der Waals surface area (Å²) < 4.78 is -3.46. The summed E-state index contributed by atoms with van der Waals surface area (Å²) in [5.74, 6) is 0. The molecular weight excluding hydrogens is 716 g/mol. The van der Waals surface area contributed by atoms with Crippen molar-refractivity contribution in [1.29, 1.82) is 0 Å². The van der Waals surface area contributed by atoms with E-state index in [4.69, 9.17) is 0 Å². The minimum absolute atomic E-state index is 0.811. The van der Waals surface area contributed by atoms with Crippen LogP contribution in [0.2, 0.25) is 5.54 Å². The van der Waals surface area contributed by atoms with E-state index in [1.54, 1.807) is 0 Å². The highest BCUT2D eigenvalue weighted by atomic mass is 80.0. The van der Waals surface area contributed by atoms with Crippen molar-refractivity contribution in [3.8, 4) is 0 Å². The molecule has 1 rings (SSSR count). The van der Waals surface area contributed by atoms with E-state index in [2.05, 4.69) is 107 Å². The molecule has 0 amide bonds. The molecule has 0 aromatic carbocycles. The van der Waals surface area contributed by atoms with Gasteiger partial charge in [-0.2, -0.15) is 0 Å². The zero-order valence-electron chi connectivity index (χ0n) is 8.26. The van der Waals surface area contributed by atoms with E-state index >= 15 is 0 Å². The summed E-state index contributed by atoms with van der Waals surface area (Å²) in [6.07, 6.45) is 6.86. The Bertz CT molecular complexity index is 245. The number of halogens is 7. The lowest BCUT2D eigenvalue weighted by Gasteiger charge is -2.41. The lowest BCUT2D eigenvalue weighted by molar-refractivity contribution is 0.501. The van der Waals surface area contributed by atoms with Crippen LogP contribution in [0.25, 0.3) is 0 Å². The summed E-state index contributed by atoms with van der Waals surface area (Å²) in [6.45, 7) is 0. The molecule has 0 spiro atoms. The van der Waals surface area contributed by atoms with E-state index in [9.17, 15) is 0 Å². The molecule has 0 unspecified atom stereocenters. The Morgan fingerprint density at radius 1 is 0.688 bits per heavy atom. The highest BCUT2D eigenvalue weighted by Gasteiger charge is 2.65. The molecule has 10 heteroatoms. The fourth-order valence-electron chi connectivity index (χ4n) is 1.91. The molecule has 0 aromatic rings. The van der Waals surface area contributed by atoms with E-state index in [1.165, 1.54) is 32.1 Å². The summed E-state index contributed by atoms with van der Waals surface area (Å²) >= 11 is 27.6. The maximum Gasteiger partial charge on any atom is 0.278 e.